The van der Waals surface area contributed by atoms with E-state index in [0.717, 1.165) is 18.4 Å². The highest BCUT2D eigenvalue weighted by atomic mass is 19.1. The zero-order valence-corrected chi connectivity index (χ0v) is 9.62. The van der Waals surface area contributed by atoms with Crippen molar-refractivity contribution in [3.8, 4) is 0 Å². The zero-order valence-electron chi connectivity index (χ0n) is 9.62. The molecule has 17 heavy (non-hydrogen) atoms. The van der Waals surface area contributed by atoms with Crippen molar-refractivity contribution < 1.29 is 14.0 Å². The normalized spacial score (nSPS) is 16.1. The van der Waals surface area contributed by atoms with Gasteiger partial charge in [-0.3, -0.25) is 9.63 Å². The van der Waals surface area contributed by atoms with Crippen molar-refractivity contribution in [2.24, 2.45) is 0 Å². The lowest BCUT2D eigenvalue weighted by Gasteiger charge is -2.11. The molecular weight excluding hydrogens is 221 g/mol. The number of hydrogen-bond donors (Lipinski definition) is 1. The summed E-state index contributed by atoms with van der Waals surface area (Å²) in [5.74, 6) is -0.486. The van der Waals surface area contributed by atoms with Gasteiger partial charge >= 0.3 is 0 Å². The number of halogens is 1. The van der Waals surface area contributed by atoms with Crippen LogP contribution in [0.2, 0.25) is 0 Å². The summed E-state index contributed by atoms with van der Waals surface area (Å²) in [6, 6.07) is 5.90. The van der Waals surface area contributed by atoms with E-state index < -0.39 is 0 Å². The lowest BCUT2D eigenvalue weighted by atomic mass is 10.1. The number of nitrogens with one attached hydrogen (secondary N) is 1. The van der Waals surface area contributed by atoms with Gasteiger partial charge in [0, 0.05) is 0 Å². The van der Waals surface area contributed by atoms with Gasteiger partial charge in [-0.25, -0.2) is 9.87 Å². The highest BCUT2D eigenvalue weighted by Gasteiger charge is 2.16. The Morgan fingerprint density at radius 1 is 1.29 bits per heavy atom. The van der Waals surface area contributed by atoms with Gasteiger partial charge in [0.25, 0.3) is 0 Å². The van der Waals surface area contributed by atoms with Crippen LogP contribution in [0.25, 0.3) is 0 Å². The maximum absolute atomic E-state index is 12.7. The molecule has 1 fully saturated rings. The average molecular weight is 237 g/mol. The van der Waals surface area contributed by atoms with Crippen molar-refractivity contribution in [2.45, 2.75) is 38.2 Å². The zero-order chi connectivity index (χ0) is 12.1. The second-order valence-corrected chi connectivity index (χ2v) is 4.35. The SMILES string of the molecule is O=C(Cc1ccc(F)cc1)NOC1CCCC1. The molecule has 4 heteroatoms. The molecule has 0 heterocycles. The molecular formula is C13H16FNO2. The maximum Gasteiger partial charge on any atom is 0.247 e. The summed E-state index contributed by atoms with van der Waals surface area (Å²) in [7, 11) is 0. The lowest BCUT2D eigenvalue weighted by Crippen LogP contribution is -2.29. The largest absolute Gasteiger partial charge is 0.272 e. The predicted octanol–water partition coefficient (Wildman–Crippen LogP) is 2.36. The van der Waals surface area contributed by atoms with Crippen LogP contribution in [0.1, 0.15) is 31.2 Å². The van der Waals surface area contributed by atoms with Crippen LogP contribution in [0.5, 0.6) is 0 Å². The van der Waals surface area contributed by atoms with E-state index in [1.54, 1.807) is 12.1 Å². The highest BCUT2D eigenvalue weighted by Crippen LogP contribution is 2.19. The number of amides is 1. The van der Waals surface area contributed by atoms with Gasteiger partial charge < -0.3 is 0 Å². The molecule has 2 rings (SSSR count). The predicted molar refractivity (Wildman–Crippen MR) is 61.6 cm³/mol. The first-order valence-corrected chi connectivity index (χ1v) is 5.93. The van der Waals surface area contributed by atoms with Crippen molar-refractivity contribution in [3.63, 3.8) is 0 Å². The van der Waals surface area contributed by atoms with Gasteiger partial charge in [0.15, 0.2) is 0 Å². The van der Waals surface area contributed by atoms with Crippen LogP contribution < -0.4 is 5.48 Å². The Morgan fingerprint density at radius 3 is 2.59 bits per heavy atom. The standard InChI is InChI=1S/C13H16FNO2/c14-11-7-5-10(6-8-11)9-13(16)15-17-12-3-1-2-4-12/h5-8,12H,1-4,9H2,(H,15,16). The Bertz CT molecular complexity index is 372. The fourth-order valence-corrected chi connectivity index (χ4v) is 1.98. The van der Waals surface area contributed by atoms with Crippen LogP contribution in [0, 0.1) is 5.82 Å². The topological polar surface area (TPSA) is 38.3 Å². The molecule has 1 aliphatic carbocycles. The first kappa shape index (κ1) is 12.0. The number of rotatable bonds is 4. The number of carbonyl (C=O) groups is 1. The molecule has 3 nitrogen and oxygen atoms in total. The van der Waals surface area contributed by atoms with Gasteiger partial charge in [0.2, 0.25) is 5.91 Å². The van der Waals surface area contributed by atoms with Crippen LogP contribution in [0.15, 0.2) is 24.3 Å². The van der Waals surface area contributed by atoms with Gasteiger partial charge in [-0.1, -0.05) is 25.0 Å². The summed E-state index contributed by atoms with van der Waals surface area (Å²) in [6.07, 6.45) is 4.73. The second-order valence-electron chi connectivity index (χ2n) is 4.35. The van der Waals surface area contributed by atoms with Crippen LogP contribution in [0.4, 0.5) is 4.39 Å². The summed E-state index contributed by atoms with van der Waals surface area (Å²) >= 11 is 0. The van der Waals surface area contributed by atoms with E-state index in [4.69, 9.17) is 4.84 Å². The number of hydrogen-bond acceptors (Lipinski definition) is 2. The van der Waals surface area contributed by atoms with Crippen LogP contribution >= 0.6 is 0 Å². The van der Waals surface area contributed by atoms with Crippen LogP contribution in [0.3, 0.4) is 0 Å². The molecule has 1 N–H and O–H groups in total. The minimum Gasteiger partial charge on any atom is -0.272 e. The second kappa shape index (κ2) is 5.77. The molecule has 1 aromatic rings. The summed E-state index contributed by atoms with van der Waals surface area (Å²) in [5.41, 5.74) is 3.23. The van der Waals surface area contributed by atoms with E-state index in [0.29, 0.717) is 0 Å². The van der Waals surface area contributed by atoms with Gasteiger partial charge in [0.1, 0.15) is 5.82 Å². The molecule has 1 saturated carbocycles. The minimum atomic E-state index is -0.295. The Morgan fingerprint density at radius 2 is 1.94 bits per heavy atom. The van der Waals surface area contributed by atoms with E-state index in [-0.39, 0.29) is 24.2 Å². The van der Waals surface area contributed by atoms with Gasteiger partial charge in [-0.15, -0.1) is 0 Å². The van der Waals surface area contributed by atoms with Crippen molar-refractivity contribution in [2.75, 3.05) is 0 Å². The molecule has 0 aromatic heterocycles. The van der Waals surface area contributed by atoms with Gasteiger partial charge in [-0.2, -0.15) is 0 Å². The summed E-state index contributed by atoms with van der Waals surface area (Å²) < 4.78 is 12.7. The molecule has 1 aliphatic rings. The van der Waals surface area contributed by atoms with Crippen molar-refractivity contribution in [3.05, 3.63) is 35.6 Å². The Hall–Kier alpha value is -1.42. The molecule has 0 aliphatic heterocycles. The summed E-state index contributed by atoms with van der Waals surface area (Å²) in [5, 5.41) is 0. The van der Waals surface area contributed by atoms with Crippen LogP contribution in [-0.2, 0) is 16.1 Å². The average Bonchev–Trinajstić information content (AvgIpc) is 2.83. The highest BCUT2D eigenvalue weighted by molar-refractivity contribution is 5.77. The number of benzene rings is 1. The summed E-state index contributed by atoms with van der Waals surface area (Å²) in [6.45, 7) is 0. The van der Waals surface area contributed by atoms with Crippen molar-refractivity contribution in [1.82, 2.24) is 5.48 Å². The molecule has 1 aromatic carbocycles. The molecule has 0 atom stereocenters. The third-order valence-electron chi connectivity index (χ3n) is 2.92. The molecule has 1 amide bonds. The van der Waals surface area contributed by atoms with E-state index in [2.05, 4.69) is 5.48 Å². The van der Waals surface area contributed by atoms with E-state index in [1.165, 1.54) is 25.0 Å². The van der Waals surface area contributed by atoms with E-state index in [9.17, 15) is 9.18 Å². The first-order valence-electron chi connectivity index (χ1n) is 5.93. The minimum absolute atomic E-state index is 0.159. The smallest absolute Gasteiger partial charge is 0.247 e. The fourth-order valence-electron chi connectivity index (χ4n) is 1.98. The fraction of sp³-hybridized carbons (Fsp3) is 0.462. The van der Waals surface area contributed by atoms with E-state index in [1.807, 2.05) is 0 Å². The lowest BCUT2D eigenvalue weighted by molar-refractivity contribution is -0.137. The molecule has 0 bridgehead atoms. The van der Waals surface area contributed by atoms with Crippen molar-refractivity contribution >= 4 is 5.91 Å². The van der Waals surface area contributed by atoms with Crippen LogP contribution in [-0.4, -0.2) is 12.0 Å². The molecule has 92 valence electrons. The molecule has 0 radical (unpaired) electrons. The third-order valence-corrected chi connectivity index (χ3v) is 2.92. The van der Waals surface area contributed by atoms with Gasteiger partial charge in [0.05, 0.1) is 12.5 Å². The third kappa shape index (κ3) is 3.82. The molecule has 0 saturated heterocycles. The maximum atomic E-state index is 12.7. The number of hydroxylamine groups is 1. The molecule has 0 spiro atoms. The monoisotopic (exact) mass is 237 g/mol. The van der Waals surface area contributed by atoms with E-state index >= 15 is 0 Å². The number of carbonyl (C=O) groups excluding carboxylic acids is 1. The Kier molecular flexibility index (Phi) is 4.09. The molecule has 0 unspecified atom stereocenters. The Labute approximate surface area is 99.9 Å². The van der Waals surface area contributed by atoms with Gasteiger partial charge in [-0.05, 0) is 30.5 Å². The van der Waals surface area contributed by atoms with Crippen molar-refractivity contribution in [1.29, 1.82) is 0 Å². The quantitative estimate of drug-likeness (QED) is 0.816. The summed E-state index contributed by atoms with van der Waals surface area (Å²) in [4.78, 5) is 16.8. The first-order chi connectivity index (χ1) is 8.24. The Balaban J connectivity index is 1.74.